The first-order valence-electron chi connectivity index (χ1n) is 11.7. The molecule has 3 heterocycles. The molecular formula is C24H33N3O6. The fourth-order valence-electron chi connectivity index (χ4n) is 5.64. The van der Waals surface area contributed by atoms with E-state index in [1.54, 1.807) is 31.2 Å². The number of carbonyl (C=O) groups is 3. The molecule has 9 heteroatoms. The van der Waals surface area contributed by atoms with Crippen molar-refractivity contribution in [2.45, 2.75) is 70.4 Å². The van der Waals surface area contributed by atoms with E-state index in [1.807, 2.05) is 20.8 Å². The number of nitrogens with zero attached hydrogens (tertiary/aromatic N) is 1. The van der Waals surface area contributed by atoms with Gasteiger partial charge in [0.15, 0.2) is 0 Å². The molecule has 3 aliphatic heterocycles. The van der Waals surface area contributed by atoms with Crippen LogP contribution in [0.4, 0.5) is 5.69 Å². The van der Waals surface area contributed by atoms with E-state index < -0.39 is 35.6 Å². The summed E-state index contributed by atoms with van der Waals surface area (Å²) in [4.78, 5) is 41.6. The predicted molar refractivity (Wildman–Crippen MR) is 121 cm³/mol. The summed E-state index contributed by atoms with van der Waals surface area (Å²) in [6.45, 7) is 7.56. The first-order chi connectivity index (χ1) is 15.7. The lowest BCUT2D eigenvalue weighted by molar-refractivity contribution is -0.144. The number of likely N-dealkylation sites (tertiary alicyclic amines) is 1. The number of anilines is 1. The van der Waals surface area contributed by atoms with Gasteiger partial charge in [-0.25, -0.2) is 0 Å². The largest absolute Gasteiger partial charge is 0.494 e. The van der Waals surface area contributed by atoms with Crippen LogP contribution in [0.2, 0.25) is 0 Å². The molecule has 3 saturated heterocycles. The Labute approximate surface area is 193 Å². The second-order valence-corrected chi connectivity index (χ2v) is 9.44. The average Bonchev–Trinajstić information content (AvgIpc) is 3.41. The Hall–Kier alpha value is -2.65. The van der Waals surface area contributed by atoms with Gasteiger partial charge in [0.05, 0.1) is 37.2 Å². The number of fused-ring (bicyclic) bond motifs is 1. The van der Waals surface area contributed by atoms with Crippen LogP contribution in [0.5, 0.6) is 5.75 Å². The molecule has 1 aromatic rings. The van der Waals surface area contributed by atoms with Crippen LogP contribution in [0.3, 0.4) is 0 Å². The van der Waals surface area contributed by atoms with Crippen molar-refractivity contribution in [2.24, 2.45) is 11.8 Å². The first-order valence-corrected chi connectivity index (χ1v) is 11.7. The molecule has 0 radical (unpaired) electrons. The van der Waals surface area contributed by atoms with Crippen molar-refractivity contribution >= 4 is 23.4 Å². The number of benzene rings is 1. The van der Waals surface area contributed by atoms with Gasteiger partial charge in [0, 0.05) is 11.7 Å². The van der Waals surface area contributed by atoms with Crippen molar-refractivity contribution in [2.75, 3.05) is 18.5 Å². The molecule has 0 aliphatic carbocycles. The predicted octanol–water partition coefficient (Wildman–Crippen LogP) is 1.30. The third kappa shape index (κ3) is 3.87. The van der Waals surface area contributed by atoms with Crippen LogP contribution in [0, 0.1) is 11.8 Å². The highest BCUT2D eigenvalue weighted by atomic mass is 16.5. The van der Waals surface area contributed by atoms with E-state index in [4.69, 9.17) is 9.47 Å². The van der Waals surface area contributed by atoms with Crippen LogP contribution in [-0.2, 0) is 19.1 Å². The zero-order valence-electron chi connectivity index (χ0n) is 19.5. The van der Waals surface area contributed by atoms with E-state index in [0.29, 0.717) is 30.9 Å². The summed E-state index contributed by atoms with van der Waals surface area (Å²) >= 11 is 0. The van der Waals surface area contributed by atoms with Crippen molar-refractivity contribution in [3.63, 3.8) is 0 Å². The van der Waals surface area contributed by atoms with Gasteiger partial charge < -0.3 is 30.1 Å². The van der Waals surface area contributed by atoms with Gasteiger partial charge in [-0.2, -0.15) is 0 Å². The number of nitrogens with one attached hydrogen (secondary N) is 2. The highest BCUT2D eigenvalue weighted by molar-refractivity contribution is 6.02. The van der Waals surface area contributed by atoms with Crippen LogP contribution < -0.4 is 15.4 Å². The lowest BCUT2D eigenvalue weighted by Crippen LogP contribution is -2.58. The maximum Gasteiger partial charge on any atom is 0.246 e. The average molecular weight is 460 g/mol. The minimum Gasteiger partial charge on any atom is -0.494 e. The Morgan fingerprint density at radius 2 is 1.94 bits per heavy atom. The molecule has 9 nitrogen and oxygen atoms in total. The molecule has 2 bridgehead atoms. The quantitative estimate of drug-likeness (QED) is 0.540. The summed E-state index contributed by atoms with van der Waals surface area (Å²) < 4.78 is 11.8. The number of hydrogen-bond acceptors (Lipinski definition) is 6. The summed E-state index contributed by atoms with van der Waals surface area (Å²) in [7, 11) is 0. The maximum atomic E-state index is 13.6. The van der Waals surface area contributed by atoms with Crippen molar-refractivity contribution in [1.82, 2.24) is 10.2 Å². The second kappa shape index (κ2) is 8.95. The van der Waals surface area contributed by atoms with Gasteiger partial charge >= 0.3 is 0 Å². The smallest absolute Gasteiger partial charge is 0.246 e. The van der Waals surface area contributed by atoms with Crippen molar-refractivity contribution in [3.05, 3.63) is 24.3 Å². The molecule has 3 N–H and O–H groups in total. The van der Waals surface area contributed by atoms with E-state index >= 15 is 0 Å². The summed E-state index contributed by atoms with van der Waals surface area (Å²) in [5, 5.41) is 15.6. The molecule has 3 aliphatic rings. The Morgan fingerprint density at radius 1 is 1.24 bits per heavy atom. The first kappa shape index (κ1) is 23.5. The summed E-state index contributed by atoms with van der Waals surface area (Å²) in [5.74, 6) is -1.69. The molecule has 1 aromatic carbocycles. The maximum absolute atomic E-state index is 13.6. The van der Waals surface area contributed by atoms with Crippen LogP contribution in [0.15, 0.2) is 24.3 Å². The molecule has 4 rings (SSSR count). The van der Waals surface area contributed by atoms with E-state index in [0.717, 1.165) is 0 Å². The number of ether oxygens (including phenoxy) is 2. The van der Waals surface area contributed by atoms with Gasteiger partial charge in [-0.1, -0.05) is 0 Å². The van der Waals surface area contributed by atoms with Gasteiger partial charge in [0.2, 0.25) is 17.7 Å². The zero-order valence-corrected chi connectivity index (χ0v) is 19.5. The van der Waals surface area contributed by atoms with Gasteiger partial charge in [0.25, 0.3) is 0 Å². The standard InChI is InChI=1S/C24H33N3O6/c1-5-32-16-8-6-15(7-9-16)26-21(29)18-17-10-11-24(33-17)19(18)23(31)27(14(4)12-28)20(24)22(30)25-13(2)3/h6-9,13-14,17-20,28H,5,10-12H2,1-4H3,(H,25,30)(H,26,29)/t14-,17+,18-,19+,20?,24?/m1/s1. The summed E-state index contributed by atoms with van der Waals surface area (Å²) in [5.41, 5.74) is -0.467. The van der Waals surface area contributed by atoms with E-state index in [9.17, 15) is 19.5 Å². The molecule has 2 unspecified atom stereocenters. The normalized spacial score (nSPS) is 31.0. The zero-order chi connectivity index (χ0) is 23.9. The van der Waals surface area contributed by atoms with Gasteiger partial charge in [-0.3, -0.25) is 14.4 Å². The molecule has 0 saturated carbocycles. The van der Waals surface area contributed by atoms with Gasteiger partial charge in [-0.15, -0.1) is 0 Å². The molecule has 33 heavy (non-hydrogen) atoms. The third-order valence-electron chi connectivity index (χ3n) is 6.89. The van der Waals surface area contributed by atoms with Crippen molar-refractivity contribution < 1.29 is 29.0 Å². The third-order valence-corrected chi connectivity index (χ3v) is 6.89. The van der Waals surface area contributed by atoms with E-state index in [1.165, 1.54) is 4.90 Å². The highest BCUT2D eigenvalue weighted by Crippen LogP contribution is 2.58. The minimum absolute atomic E-state index is 0.119. The second-order valence-electron chi connectivity index (χ2n) is 9.44. The monoisotopic (exact) mass is 459 g/mol. The minimum atomic E-state index is -1.06. The number of aliphatic hydroxyl groups is 1. The van der Waals surface area contributed by atoms with Crippen molar-refractivity contribution in [3.8, 4) is 5.75 Å². The van der Waals surface area contributed by atoms with Crippen molar-refractivity contribution in [1.29, 1.82) is 0 Å². The van der Waals surface area contributed by atoms with Gasteiger partial charge in [0.1, 0.15) is 17.4 Å². The highest BCUT2D eigenvalue weighted by Gasteiger charge is 2.74. The lowest BCUT2D eigenvalue weighted by Gasteiger charge is -2.35. The number of aliphatic hydroxyl groups excluding tert-OH is 1. The number of rotatable bonds is 8. The fraction of sp³-hybridized carbons (Fsp3) is 0.625. The van der Waals surface area contributed by atoms with Crippen LogP contribution >= 0.6 is 0 Å². The summed E-state index contributed by atoms with van der Waals surface area (Å²) in [6.07, 6.45) is 0.687. The lowest BCUT2D eigenvalue weighted by atomic mass is 9.70. The van der Waals surface area contributed by atoms with Crippen LogP contribution in [0.25, 0.3) is 0 Å². The molecule has 3 fully saturated rings. The van der Waals surface area contributed by atoms with E-state index in [2.05, 4.69) is 10.6 Å². The Bertz CT molecular complexity index is 919. The fourth-order valence-corrected chi connectivity index (χ4v) is 5.64. The van der Waals surface area contributed by atoms with E-state index in [-0.39, 0.29) is 30.4 Å². The summed E-state index contributed by atoms with van der Waals surface area (Å²) in [6, 6.07) is 5.48. The number of carbonyl (C=O) groups excluding carboxylic acids is 3. The Balaban J connectivity index is 1.62. The topological polar surface area (TPSA) is 117 Å². The van der Waals surface area contributed by atoms with Crippen LogP contribution in [0.1, 0.15) is 40.5 Å². The molecule has 0 aromatic heterocycles. The van der Waals surface area contributed by atoms with Crippen LogP contribution in [-0.4, -0.2) is 70.8 Å². The number of amides is 3. The number of hydrogen-bond donors (Lipinski definition) is 3. The Kier molecular flexibility index (Phi) is 6.37. The molecule has 180 valence electrons. The molecule has 6 atom stereocenters. The molecule has 1 spiro atoms. The molecular weight excluding hydrogens is 426 g/mol. The Morgan fingerprint density at radius 3 is 2.55 bits per heavy atom. The molecule has 3 amide bonds. The SMILES string of the molecule is CCOc1ccc(NC(=O)[C@@H]2[C@@H]3CCC4(O3)C(C(=O)NC(C)C)N([C@H](C)CO)C(=O)[C@H]24)cc1. The van der Waals surface area contributed by atoms with Gasteiger partial charge in [-0.05, 0) is 64.8 Å².